The van der Waals surface area contributed by atoms with E-state index in [-0.39, 0.29) is 37.7 Å². The van der Waals surface area contributed by atoms with Crippen molar-refractivity contribution in [3.05, 3.63) is 0 Å². The molecule has 0 aromatic heterocycles. The molecule has 0 aliphatic rings. The minimum absolute atomic E-state index is 0. The molecule has 0 aromatic rings. The van der Waals surface area contributed by atoms with Gasteiger partial charge in [0.25, 0.3) is 11.9 Å². The summed E-state index contributed by atoms with van der Waals surface area (Å²) in [5.74, 6) is -1.67. The molecule has 56 valence electrons. The fraction of sp³-hybridized carbons (Fsp3) is 0.500. The van der Waals surface area contributed by atoms with E-state index in [1.807, 2.05) is 0 Å². The van der Waals surface area contributed by atoms with Crippen molar-refractivity contribution in [1.82, 2.24) is 0 Å². The second-order valence-corrected chi connectivity index (χ2v) is 1.04. The number of hydrogen-bond donors (Lipinski definition) is 2. The molecule has 0 unspecified atom stereocenters. The van der Waals surface area contributed by atoms with Gasteiger partial charge in [-0.3, -0.25) is 9.59 Å². The molecule has 0 fully saturated rings. The predicted octanol–water partition coefficient (Wildman–Crippen LogP) is 0.182. The molecule has 0 rings (SSSR count). The Morgan fingerprint density at radius 3 is 1.00 bits per heavy atom. The van der Waals surface area contributed by atoms with Gasteiger partial charge in [-0.15, -0.1) is 0 Å². The SMILES string of the molecule is CC(=O)O.CC(=O)O.[Ar]. The maximum Gasteiger partial charge on any atom is 0.300 e. The van der Waals surface area contributed by atoms with Gasteiger partial charge >= 0.3 is 0 Å². The maximum atomic E-state index is 9.00. The summed E-state index contributed by atoms with van der Waals surface area (Å²) in [7, 11) is 0. The first-order chi connectivity index (χ1) is 3.46. The van der Waals surface area contributed by atoms with Crippen molar-refractivity contribution in [3.63, 3.8) is 0 Å². The molecule has 0 saturated carbocycles. The van der Waals surface area contributed by atoms with E-state index in [1.54, 1.807) is 0 Å². The monoisotopic (exact) mass is 160 g/mol. The van der Waals surface area contributed by atoms with Gasteiger partial charge in [0.15, 0.2) is 0 Å². The molecule has 0 amide bonds. The Labute approximate surface area is 82.9 Å². The Bertz CT molecular complexity index is 70.6. The van der Waals surface area contributed by atoms with Crippen LogP contribution in [0.5, 0.6) is 0 Å². The van der Waals surface area contributed by atoms with E-state index in [2.05, 4.69) is 0 Å². The summed E-state index contributed by atoms with van der Waals surface area (Å²) in [6.45, 7) is 2.17. The van der Waals surface area contributed by atoms with Crippen molar-refractivity contribution < 1.29 is 57.5 Å². The molecule has 2 N–H and O–H groups in total. The van der Waals surface area contributed by atoms with Crippen LogP contribution in [0.4, 0.5) is 0 Å². The minimum atomic E-state index is -0.833. The molecule has 5 heteroatoms. The summed E-state index contributed by atoms with van der Waals surface area (Å²) >= 11 is 0. The van der Waals surface area contributed by atoms with Crippen LogP contribution >= 0.6 is 0 Å². The molecule has 0 spiro atoms. The largest absolute Gasteiger partial charge is 0.481 e. The van der Waals surface area contributed by atoms with E-state index in [0.717, 1.165) is 13.8 Å². The zero-order valence-electron chi connectivity index (χ0n) is 5.06. The third-order valence-corrected chi connectivity index (χ3v) is 0. The summed E-state index contributed by atoms with van der Waals surface area (Å²) in [5.41, 5.74) is 0. The molecule has 0 aliphatic heterocycles. The standard InChI is InChI=1S/2C2H4O2.Ar/c2*1-2(3)4;/h2*1H3,(H,3,4);. The van der Waals surface area contributed by atoms with Crippen LogP contribution in [-0.4, -0.2) is 22.2 Å². The van der Waals surface area contributed by atoms with Crippen molar-refractivity contribution >= 4 is 11.9 Å². The van der Waals surface area contributed by atoms with Gasteiger partial charge in [-0.2, -0.15) is 0 Å². The van der Waals surface area contributed by atoms with Crippen molar-refractivity contribution in [2.45, 2.75) is 13.8 Å². The Kier molecular flexibility index (Phi) is 19.8. The Morgan fingerprint density at radius 1 is 1.00 bits per heavy atom. The molecule has 9 heavy (non-hydrogen) atoms. The quantitative estimate of drug-likeness (QED) is 0.530. The summed E-state index contributed by atoms with van der Waals surface area (Å²) in [4.78, 5) is 18.0. The number of carboxylic acids is 2. The van der Waals surface area contributed by atoms with Crippen molar-refractivity contribution in [1.29, 1.82) is 0 Å². The third kappa shape index (κ3) is 7900. The van der Waals surface area contributed by atoms with Gasteiger partial charge in [0.05, 0.1) is 0 Å². The topological polar surface area (TPSA) is 74.6 Å². The zero-order chi connectivity index (χ0) is 7.15. The van der Waals surface area contributed by atoms with E-state index < -0.39 is 11.9 Å². The molecule has 0 aliphatic carbocycles. The van der Waals surface area contributed by atoms with E-state index in [9.17, 15) is 0 Å². The number of carboxylic acid groups (broad SMARTS) is 2. The summed E-state index contributed by atoms with van der Waals surface area (Å²) in [6.07, 6.45) is 0. The van der Waals surface area contributed by atoms with E-state index in [1.165, 1.54) is 0 Å². The zero-order valence-corrected chi connectivity index (χ0v) is 5.77. The van der Waals surface area contributed by atoms with Gasteiger partial charge in [-0.05, 0) is 0 Å². The minimum Gasteiger partial charge on any atom is -0.481 e. The van der Waals surface area contributed by atoms with Gasteiger partial charge < -0.3 is 10.2 Å². The number of rotatable bonds is 0. The molecule has 0 radical (unpaired) electrons. The van der Waals surface area contributed by atoms with Crippen LogP contribution < -0.4 is 0 Å². The van der Waals surface area contributed by atoms with Crippen LogP contribution in [0.3, 0.4) is 0 Å². The van der Waals surface area contributed by atoms with Crippen LogP contribution in [0.2, 0.25) is 0 Å². The van der Waals surface area contributed by atoms with Crippen LogP contribution in [0, 0.1) is 37.7 Å². The van der Waals surface area contributed by atoms with E-state index in [0.29, 0.717) is 0 Å². The average molecular weight is 160 g/mol. The number of carbonyl (C=O) groups is 2. The second-order valence-electron chi connectivity index (χ2n) is 1.04. The van der Waals surface area contributed by atoms with Crippen LogP contribution in [0.15, 0.2) is 0 Å². The normalized spacial score (nSPS) is 5.56. The summed E-state index contributed by atoms with van der Waals surface area (Å²) in [5, 5.41) is 14.8. The third-order valence-electron chi connectivity index (χ3n) is 0. The Hall–Kier alpha value is 0.200. The van der Waals surface area contributed by atoms with Crippen LogP contribution in [0.25, 0.3) is 0 Å². The van der Waals surface area contributed by atoms with Gasteiger partial charge in [0, 0.05) is 51.6 Å². The molecule has 0 saturated heterocycles. The fourth-order valence-corrected chi connectivity index (χ4v) is 0. The van der Waals surface area contributed by atoms with E-state index in [4.69, 9.17) is 19.8 Å². The first kappa shape index (κ1) is 16.1. The van der Waals surface area contributed by atoms with Crippen molar-refractivity contribution in [2.24, 2.45) is 0 Å². The van der Waals surface area contributed by atoms with Crippen molar-refractivity contribution in [3.8, 4) is 0 Å². The smallest absolute Gasteiger partial charge is 0.300 e. The summed E-state index contributed by atoms with van der Waals surface area (Å²) < 4.78 is 0. The first-order valence-electron chi connectivity index (χ1n) is 1.86. The van der Waals surface area contributed by atoms with Gasteiger partial charge in [-0.25, -0.2) is 0 Å². The van der Waals surface area contributed by atoms with E-state index >= 15 is 0 Å². The van der Waals surface area contributed by atoms with Crippen LogP contribution in [0.1, 0.15) is 13.8 Å². The molecular formula is C4H8ArO4. The van der Waals surface area contributed by atoms with Crippen LogP contribution in [-0.2, 0) is 9.59 Å². The Morgan fingerprint density at radius 2 is 1.00 bits per heavy atom. The molecule has 0 bridgehead atoms. The average Bonchev–Trinajstić information content (AvgIpc) is 1.25. The fourth-order valence-electron chi connectivity index (χ4n) is 0. The Balaban J connectivity index is -0.0000000720. The molecule has 0 heterocycles. The second kappa shape index (κ2) is 11.1. The maximum absolute atomic E-state index is 9.00. The molecule has 0 aromatic carbocycles. The first-order valence-corrected chi connectivity index (χ1v) is 1.86. The number of hydrogen-bond acceptors (Lipinski definition) is 2. The van der Waals surface area contributed by atoms with Gasteiger partial charge in [0.2, 0.25) is 0 Å². The van der Waals surface area contributed by atoms with Gasteiger partial charge in [-0.1, -0.05) is 0 Å². The predicted molar refractivity (Wildman–Crippen MR) is 26.6 cm³/mol. The van der Waals surface area contributed by atoms with Gasteiger partial charge in [0.1, 0.15) is 0 Å². The summed E-state index contributed by atoms with van der Waals surface area (Å²) in [6, 6.07) is 0. The molecule has 4 nitrogen and oxygen atoms in total. The molecule has 0 atom stereocenters. The van der Waals surface area contributed by atoms with Crippen molar-refractivity contribution in [2.75, 3.05) is 0 Å². The number of aliphatic carboxylic acids is 2. The molecular weight excluding hydrogens is 152 g/mol.